The Morgan fingerprint density at radius 1 is 1.19 bits per heavy atom. The van der Waals surface area contributed by atoms with Crippen LogP contribution in [-0.2, 0) is 4.74 Å². The average Bonchev–Trinajstić information content (AvgIpc) is 2.80. The zero-order chi connectivity index (χ0) is 21.6. The van der Waals surface area contributed by atoms with Crippen molar-refractivity contribution in [3.63, 3.8) is 0 Å². The second-order valence-corrected chi connectivity index (χ2v) is 7.53. The third-order valence-corrected chi connectivity index (χ3v) is 5.32. The topological polar surface area (TPSA) is 68.7 Å². The Morgan fingerprint density at radius 3 is 2.84 bits per heavy atom. The Balaban J connectivity index is 1.54. The van der Waals surface area contributed by atoms with Crippen molar-refractivity contribution in [2.45, 2.75) is 6.42 Å². The fraction of sp³-hybridized carbons (Fsp3) is 0.364. The monoisotopic (exact) mass is 446 g/mol. The van der Waals surface area contributed by atoms with Crippen molar-refractivity contribution in [1.29, 1.82) is 0 Å². The molecule has 3 aromatic rings. The van der Waals surface area contributed by atoms with E-state index in [4.69, 9.17) is 25.8 Å². The van der Waals surface area contributed by atoms with E-state index in [0.29, 0.717) is 23.8 Å². The summed E-state index contributed by atoms with van der Waals surface area (Å²) in [5.74, 6) is 0.737. The first kappa shape index (κ1) is 21.5. The predicted octanol–water partition coefficient (Wildman–Crippen LogP) is 4.28. The normalized spacial score (nSPS) is 14.5. The smallest absolute Gasteiger partial charge is 0.231 e. The van der Waals surface area contributed by atoms with Crippen LogP contribution >= 0.6 is 11.6 Å². The summed E-state index contributed by atoms with van der Waals surface area (Å²) in [6, 6.07) is 10.2. The van der Waals surface area contributed by atoms with Crippen molar-refractivity contribution in [3.05, 3.63) is 47.2 Å². The summed E-state index contributed by atoms with van der Waals surface area (Å²) in [6.07, 6.45) is 0.854. The molecule has 2 aromatic carbocycles. The largest absolute Gasteiger partial charge is 0.497 e. The van der Waals surface area contributed by atoms with Gasteiger partial charge in [0.25, 0.3) is 0 Å². The number of fused-ring (bicyclic) bond motifs is 1. The van der Waals surface area contributed by atoms with Gasteiger partial charge in [0.2, 0.25) is 11.8 Å². The van der Waals surface area contributed by atoms with Crippen LogP contribution in [0.15, 0.2) is 36.4 Å². The quantitative estimate of drug-likeness (QED) is 0.518. The maximum Gasteiger partial charge on any atom is 0.231 e. The van der Waals surface area contributed by atoms with E-state index >= 15 is 0 Å². The molecule has 0 atom stereocenters. The molecular formula is C22H24ClFN4O3. The summed E-state index contributed by atoms with van der Waals surface area (Å²) in [5.41, 5.74) is 0.815. The molecule has 1 aromatic heterocycles. The van der Waals surface area contributed by atoms with Gasteiger partial charge in [0.05, 0.1) is 48.5 Å². The molecule has 0 amide bonds. The summed E-state index contributed by atoms with van der Waals surface area (Å²) in [5, 5.41) is 3.67. The Kier molecular flexibility index (Phi) is 7.01. The molecule has 0 aliphatic carbocycles. The van der Waals surface area contributed by atoms with Crippen LogP contribution in [0.2, 0.25) is 5.02 Å². The number of hydrogen-bond acceptors (Lipinski definition) is 7. The molecule has 7 nitrogen and oxygen atoms in total. The van der Waals surface area contributed by atoms with Gasteiger partial charge < -0.3 is 19.5 Å². The van der Waals surface area contributed by atoms with E-state index in [-0.39, 0.29) is 16.7 Å². The molecule has 1 N–H and O–H groups in total. The van der Waals surface area contributed by atoms with Crippen LogP contribution in [-0.4, -0.2) is 61.4 Å². The standard InChI is InChI=1S/C22H24ClFN4O3/c1-29-15-6-7-16-19(14-15)26-22(25-18-5-2-4-17(23)20(18)24)27-21(16)31-11-3-8-28-9-12-30-13-10-28/h2,4-7,14H,3,8-13H2,1H3,(H,25,26,27). The Bertz CT molecular complexity index is 1050. The van der Waals surface area contributed by atoms with E-state index in [2.05, 4.69) is 20.2 Å². The summed E-state index contributed by atoms with van der Waals surface area (Å²) in [7, 11) is 1.59. The predicted molar refractivity (Wildman–Crippen MR) is 118 cm³/mol. The maximum atomic E-state index is 14.3. The van der Waals surface area contributed by atoms with Gasteiger partial charge in [-0.25, -0.2) is 9.37 Å². The molecule has 0 unspecified atom stereocenters. The number of nitrogens with one attached hydrogen (secondary N) is 1. The van der Waals surface area contributed by atoms with Gasteiger partial charge in [-0.05, 0) is 30.7 Å². The Labute approximate surface area is 185 Å². The van der Waals surface area contributed by atoms with Gasteiger partial charge in [0.15, 0.2) is 5.82 Å². The molecule has 0 saturated carbocycles. The van der Waals surface area contributed by atoms with Crippen LogP contribution in [0.1, 0.15) is 6.42 Å². The van der Waals surface area contributed by atoms with Crippen LogP contribution in [0, 0.1) is 5.82 Å². The number of aromatic nitrogens is 2. The summed E-state index contributed by atoms with van der Waals surface area (Å²) in [4.78, 5) is 11.3. The van der Waals surface area contributed by atoms with Gasteiger partial charge in [-0.2, -0.15) is 4.98 Å². The average molecular weight is 447 g/mol. The van der Waals surface area contributed by atoms with E-state index in [0.717, 1.165) is 44.7 Å². The van der Waals surface area contributed by atoms with E-state index in [1.54, 1.807) is 25.3 Å². The fourth-order valence-electron chi connectivity index (χ4n) is 3.38. The highest BCUT2D eigenvalue weighted by molar-refractivity contribution is 6.31. The number of methoxy groups -OCH3 is 1. The summed E-state index contributed by atoms with van der Waals surface area (Å²) < 4.78 is 31.0. The molecular weight excluding hydrogens is 423 g/mol. The molecule has 0 bridgehead atoms. The van der Waals surface area contributed by atoms with Crippen molar-refractivity contribution < 1.29 is 18.6 Å². The molecule has 0 radical (unpaired) electrons. The molecule has 2 heterocycles. The highest BCUT2D eigenvalue weighted by atomic mass is 35.5. The molecule has 4 rings (SSSR count). The third kappa shape index (κ3) is 5.33. The lowest BCUT2D eigenvalue weighted by atomic mass is 10.2. The number of anilines is 2. The van der Waals surface area contributed by atoms with Gasteiger partial charge in [-0.3, -0.25) is 4.90 Å². The number of halogens is 2. The van der Waals surface area contributed by atoms with Crippen LogP contribution < -0.4 is 14.8 Å². The maximum absolute atomic E-state index is 14.3. The van der Waals surface area contributed by atoms with Gasteiger partial charge in [0.1, 0.15) is 5.75 Å². The fourth-order valence-corrected chi connectivity index (χ4v) is 3.55. The van der Waals surface area contributed by atoms with Crippen molar-refractivity contribution in [1.82, 2.24) is 14.9 Å². The van der Waals surface area contributed by atoms with E-state index in [1.165, 1.54) is 6.07 Å². The second-order valence-electron chi connectivity index (χ2n) is 7.12. The molecule has 164 valence electrons. The third-order valence-electron chi connectivity index (χ3n) is 5.03. The summed E-state index contributed by atoms with van der Waals surface area (Å²) >= 11 is 5.89. The first-order valence-electron chi connectivity index (χ1n) is 10.1. The minimum absolute atomic E-state index is 0.0204. The second kappa shape index (κ2) is 10.1. The van der Waals surface area contributed by atoms with Crippen molar-refractivity contribution in [2.24, 2.45) is 0 Å². The number of nitrogens with zero attached hydrogens (tertiary/aromatic N) is 3. The lowest BCUT2D eigenvalue weighted by Crippen LogP contribution is -2.37. The van der Waals surface area contributed by atoms with Gasteiger partial charge in [-0.15, -0.1) is 0 Å². The Morgan fingerprint density at radius 2 is 2.03 bits per heavy atom. The van der Waals surface area contributed by atoms with Crippen LogP contribution in [0.5, 0.6) is 11.6 Å². The van der Waals surface area contributed by atoms with Crippen LogP contribution in [0.25, 0.3) is 10.9 Å². The van der Waals surface area contributed by atoms with Gasteiger partial charge in [0, 0.05) is 25.7 Å². The highest BCUT2D eigenvalue weighted by Crippen LogP contribution is 2.30. The molecule has 1 aliphatic rings. The number of rotatable bonds is 8. The van der Waals surface area contributed by atoms with Gasteiger partial charge in [-0.1, -0.05) is 17.7 Å². The van der Waals surface area contributed by atoms with Crippen molar-refractivity contribution in [3.8, 4) is 11.6 Å². The SMILES string of the molecule is COc1ccc2c(OCCCN3CCOCC3)nc(Nc3cccc(Cl)c3F)nc2c1. The number of ether oxygens (including phenoxy) is 3. The number of morpholine rings is 1. The minimum atomic E-state index is -0.563. The van der Waals surface area contributed by atoms with E-state index in [9.17, 15) is 4.39 Å². The Hall–Kier alpha value is -2.68. The minimum Gasteiger partial charge on any atom is -0.497 e. The molecule has 1 aliphatic heterocycles. The lowest BCUT2D eigenvalue weighted by molar-refractivity contribution is 0.0357. The van der Waals surface area contributed by atoms with Crippen molar-refractivity contribution >= 4 is 34.1 Å². The van der Waals surface area contributed by atoms with Gasteiger partial charge >= 0.3 is 0 Å². The van der Waals surface area contributed by atoms with E-state index < -0.39 is 5.82 Å². The van der Waals surface area contributed by atoms with Crippen LogP contribution in [0.3, 0.4) is 0 Å². The molecule has 9 heteroatoms. The van der Waals surface area contributed by atoms with Crippen LogP contribution in [0.4, 0.5) is 16.0 Å². The highest BCUT2D eigenvalue weighted by Gasteiger charge is 2.14. The number of hydrogen-bond donors (Lipinski definition) is 1. The lowest BCUT2D eigenvalue weighted by Gasteiger charge is -2.26. The number of benzene rings is 2. The van der Waals surface area contributed by atoms with E-state index in [1.807, 2.05) is 12.1 Å². The zero-order valence-electron chi connectivity index (χ0n) is 17.2. The molecule has 1 fully saturated rings. The molecule has 31 heavy (non-hydrogen) atoms. The molecule has 0 spiro atoms. The zero-order valence-corrected chi connectivity index (χ0v) is 18.0. The summed E-state index contributed by atoms with van der Waals surface area (Å²) in [6.45, 7) is 4.85. The first-order valence-corrected chi connectivity index (χ1v) is 10.5. The van der Waals surface area contributed by atoms with Crippen molar-refractivity contribution in [2.75, 3.05) is 51.9 Å². The molecule has 1 saturated heterocycles. The first-order chi connectivity index (χ1) is 15.1.